The summed E-state index contributed by atoms with van der Waals surface area (Å²) in [6.07, 6.45) is 1.59. The number of anilines is 1. The van der Waals surface area contributed by atoms with E-state index in [-0.39, 0.29) is 18.4 Å². The lowest BCUT2D eigenvalue weighted by Crippen LogP contribution is -2.29. The van der Waals surface area contributed by atoms with Crippen molar-refractivity contribution in [3.63, 3.8) is 0 Å². The molecule has 2 aromatic rings. The van der Waals surface area contributed by atoms with Crippen LogP contribution in [-0.2, 0) is 4.79 Å². The molecule has 2 rings (SSSR count). The highest BCUT2D eigenvalue weighted by molar-refractivity contribution is 7.18. The topological polar surface area (TPSA) is 75.1 Å². The number of hydrogen-bond donors (Lipinski definition) is 2. The van der Waals surface area contributed by atoms with Crippen molar-refractivity contribution in [2.75, 3.05) is 5.32 Å². The zero-order chi connectivity index (χ0) is 14.0. The number of carboxylic acid groups (broad SMARTS) is 1. The van der Waals surface area contributed by atoms with E-state index in [0.29, 0.717) is 0 Å². The summed E-state index contributed by atoms with van der Waals surface area (Å²) in [6, 6.07) is -0.141. The van der Waals surface area contributed by atoms with Gasteiger partial charge in [0.2, 0.25) is 0 Å². The van der Waals surface area contributed by atoms with E-state index in [1.165, 1.54) is 6.33 Å². The van der Waals surface area contributed by atoms with E-state index in [4.69, 9.17) is 5.11 Å². The molecule has 0 radical (unpaired) electrons. The predicted octanol–water partition coefficient (Wildman–Crippen LogP) is 2.91. The Morgan fingerprint density at radius 1 is 1.47 bits per heavy atom. The summed E-state index contributed by atoms with van der Waals surface area (Å²) < 4.78 is 0.982. The van der Waals surface area contributed by atoms with Crippen LogP contribution in [0.1, 0.15) is 25.8 Å². The number of aryl methyl sites for hydroxylation is 1. The van der Waals surface area contributed by atoms with Crippen molar-refractivity contribution < 1.29 is 9.90 Å². The van der Waals surface area contributed by atoms with Gasteiger partial charge in [0.15, 0.2) is 0 Å². The molecule has 102 valence electrons. The van der Waals surface area contributed by atoms with Gasteiger partial charge in [-0.2, -0.15) is 0 Å². The van der Waals surface area contributed by atoms with E-state index >= 15 is 0 Å². The molecule has 0 aromatic carbocycles. The third kappa shape index (κ3) is 3.01. The van der Waals surface area contributed by atoms with Gasteiger partial charge in [-0.25, -0.2) is 9.97 Å². The Balaban J connectivity index is 2.31. The van der Waals surface area contributed by atoms with Gasteiger partial charge in [-0.3, -0.25) is 4.79 Å². The number of nitrogens with zero attached hydrogens (tertiary/aromatic N) is 2. The first-order valence-electron chi connectivity index (χ1n) is 6.16. The van der Waals surface area contributed by atoms with Gasteiger partial charge < -0.3 is 10.4 Å². The smallest absolute Gasteiger partial charge is 0.305 e. The molecular formula is C13H17N3O2S. The summed E-state index contributed by atoms with van der Waals surface area (Å²) in [5.41, 5.74) is 2.05. The number of aromatic nitrogens is 2. The third-order valence-electron chi connectivity index (χ3n) is 3.05. The van der Waals surface area contributed by atoms with Gasteiger partial charge in [0.25, 0.3) is 0 Å². The number of carboxylic acids is 1. The fourth-order valence-electron chi connectivity index (χ4n) is 1.89. The Hall–Kier alpha value is -1.69. The van der Waals surface area contributed by atoms with Crippen LogP contribution >= 0.6 is 11.3 Å². The summed E-state index contributed by atoms with van der Waals surface area (Å²) >= 11 is 1.58. The molecule has 2 heterocycles. The quantitative estimate of drug-likeness (QED) is 0.880. The van der Waals surface area contributed by atoms with Crippen LogP contribution in [0.25, 0.3) is 10.2 Å². The number of nitrogens with one attached hydrogen (secondary N) is 1. The van der Waals surface area contributed by atoms with Crippen LogP contribution < -0.4 is 5.32 Å². The average Bonchev–Trinajstić information content (AvgIpc) is 2.71. The van der Waals surface area contributed by atoms with Crippen molar-refractivity contribution >= 4 is 33.3 Å². The molecule has 0 saturated carbocycles. The van der Waals surface area contributed by atoms with Crippen LogP contribution in [0, 0.1) is 12.8 Å². The summed E-state index contributed by atoms with van der Waals surface area (Å²) in [7, 11) is 0. The Kier molecular flexibility index (Phi) is 3.99. The van der Waals surface area contributed by atoms with Gasteiger partial charge in [-0.15, -0.1) is 11.3 Å². The van der Waals surface area contributed by atoms with E-state index in [2.05, 4.69) is 15.3 Å². The summed E-state index contributed by atoms with van der Waals surface area (Å²) in [5, 5.41) is 14.2. The Labute approximate surface area is 115 Å². The number of carbonyl (C=O) groups is 1. The van der Waals surface area contributed by atoms with Gasteiger partial charge >= 0.3 is 5.97 Å². The molecule has 0 bridgehead atoms. The lowest BCUT2D eigenvalue weighted by atomic mass is 10.0. The third-order valence-corrected chi connectivity index (χ3v) is 4.15. The molecule has 2 N–H and O–H groups in total. The first kappa shape index (κ1) is 13.7. The molecule has 1 unspecified atom stereocenters. The van der Waals surface area contributed by atoms with Gasteiger partial charge in [-0.1, -0.05) is 13.8 Å². The molecule has 0 aliphatic rings. The van der Waals surface area contributed by atoms with Crippen molar-refractivity contribution in [2.45, 2.75) is 33.2 Å². The molecule has 5 nitrogen and oxygen atoms in total. The monoisotopic (exact) mass is 279 g/mol. The highest BCUT2D eigenvalue weighted by atomic mass is 32.1. The number of hydrogen-bond acceptors (Lipinski definition) is 5. The lowest BCUT2D eigenvalue weighted by molar-refractivity contribution is -0.137. The van der Waals surface area contributed by atoms with Crippen LogP contribution in [0.3, 0.4) is 0 Å². The van der Waals surface area contributed by atoms with Crippen molar-refractivity contribution in [1.82, 2.24) is 9.97 Å². The summed E-state index contributed by atoms with van der Waals surface area (Å²) in [4.78, 5) is 19.4. The molecule has 2 aromatic heterocycles. The molecule has 0 spiro atoms. The maximum Gasteiger partial charge on any atom is 0.305 e. The summed E-state index contributed by atoms with van der Waals surface area (Å²) in [6.45, 7) is 6.00. The van der Waals surface area contributed by atoms with E-state index in [0.717, 1.165) is 21.6 Å². The van der Waals surface area contributed by atoms with Crippen molar-refractivity contribution in [2.24, 2.45) is 5.92 Å². The second-order valence-corrected chi connectivity index (χ2v) is 5.79. The molecule has 19 heavy (non-hydrogen) atoms. The Morgan fingerprint density at radius 3 is 2.84 bits per heavy atom. The van der Waals surface area contributed by atoms with Crippen LogP contribution in [0.4, 0.5) is 5.82 Å². The number of aliphatic carboxylic acids is 1. The van der Waals surface area contributed by atoms with Crippen LogP contribution in [0.15, 0.2) is 11.7 Å². The lowest BCUT2D eigenvalue weighted by Gasteiger charge is -2.21. The van der Waals surface area contributed by atoms with E-state index < -0.39 is 5.97 Å². The minimum absolute atomic E-state index is 0.0769. The van der Waals surface area contributed by atoms with E-state index in [9.17, 15) is 4.79 Å². The van der Waals surface area contributed by atoms with E-state index in [1.807, 2.05) is 26.2 Å². The van der Waals surface area contributed by atoms with Crippen LogP contribution in [-0.4, -0.2) is 27.1 Å². The second-order valence-electron chi connectivity index (χ2n) is 4.91. The zero-order valence-electron chi connectivity index (χ0n) is 11.2. The molecule has 6 heteroatoms. The molecule has 1 atom stereocenters. The maximum atomic E-state index is 10.9. The van der Waals surface area contributed by atoms with E-state index in [1.54, 1.807) is 11.3 Å². The largest absolute Gasteiger partial charge is 0.481 e. The van der Waals surface area contributed by atoms with Gasteiger partial charge in [0.05, 0.1) is 16.6 Å². The molecular weight excluding hydrogens is 262 g/mol. The van der Waals surface area contributed by atoms with Gasteiger partial charge in [0.1, 0.15) is 12.1 Å². The predicted molar refractivity (Wildman–Crippen MR) is 76.7 cm³/mol. The maximum absolute atomic E-state index is 10.9. The molecule has 0 amide bonds. The van der Waals surface area contributed by atoms with Gasteiger partial charge in [0, 0.05) is 6.04 Å². The molecule has 0 fully saturated rings. The van der Waals surface area contributed by atoms with Crippen LogP contribution in [0.5, 0.6) is 0 Å². The number of fused-ring (bicyclic) bond motifs is 1. The molecule has 0 aliphatic heterocycles. The molecule has 0 aliphatic carbocycles. The minimum Gasteiger partial charge on any atom is -0.481 e. The highest BCUT2D eigenvalue weighted by Gasteiger charge is 2.19. The Bertz CT molecular complexity index is 595. The van der Waals surface area contributed by atoms with Crippen molar-refractivity contribution in [3.8, 4) is 0 Å². The molecule has 0 saturated heterocycles. The summed E-state index contributed by atoms with van der Waals surface area (Å²) in [5.74, 6) is 0.129. The SMILES string of the molecule is Cc1csc2c(NC(CC(=O)O)C(C)C)ncnc12. The average molecular weight is 279 g/mol. The van der Waals surface area contributed by atoms with Crippen molar-refractivity contribution in [3.05, 3.63) is 17.3 Å². The first-order valence-corrected chi connectivity index (χ1v) is 7.04. The number of thiophene rings is 1. The van der Waals surface area contributed by atoms with Crippen molar-refractivity contribution in [1.29, 1.82) is 0 Å². The Morgan fingerprint density at radius 2 is 2.21 bits per heavy atom. The fraction of sp³-hybridized carbons (Fsp3) is 0.462. The normalized spacial score (nSPS) is 12.8. The zero-order valence-corrected chi connectivity index (χ0v) is 12.0. The minimum atomic E-state index is -0.807. The fourth-order valence-corrected chi connectivity index (χ4v) is 2.84. The van der Waals surface area contributed by atoms with Crippen LogP contribution in [0.2, 0.25) is 0 Å². The van der Waals surface area contributed by atoms with Gasteiger partial charge in [-0.05, 0) is 23.8 Å². The second kappa shape index (κ2) is 5.52. The highest BCUT2D eigenvalue weighted by Crippen LogP contribution is 2.29. The standard InChI is InChI=1S/C13H17N3O2S/c1-7(2)9(4-10(17)18)16-13-12-11(14-6-15-13)8(3)5-19-12/h5-7,9H,4H2,1-3H3,(H,17,18)(H,14,15,16). The number of rotatable bonds is 5. The first-order chi connectivity index (χ1) is 8.99.